The Morgan fingerprint density at radius 2 is 1.40 bits per heavy atom. The number of anilines is 4. The monoisotopic (exact) mass is 564 g/mol. The van der Waals surface area contributed by atoms with Gasteiger partial charge in [-0.05, 0) is 133 Å². The third-order valence-corrected chi connectivity index (χ3v) is 11.5. The van der Waals surface area contributed by atoms with Crippen LogP contribution in [0.25, 0.3) is 0 Å². The quantitative estimate of drug-likeness (QED) is 0.286. The van der Waals surface area contributed by atoms with E-state index >= 15 is 0 Å². The van der Waals surface area contributed by atoms with E-state index in [0.717, 1.165) is 0 Å². The predicted molar refractivity (Wildman–Crippen MR) is 187 cm³/mol. The summed E-state index contributed by atoms with van der Waals surface area (Å²) in [6.07, 6.45) is 9.80. The van der Waals surface area contributed by atoms with Gasteiger partial charge in [-0.2, -0.15) is 0 Å². The number of hydrogen-bond donors (Lipinski definition) is 0. The molecule has 2 heterocycles. The molecule has 3 aromatic carbocycles. The summed E-state index contributed by atoms with van der Waals surface area (Å²) >= 11 is 0. The van der Waals surface area contributed by atoms with Gasteiger partial charge in [0.1, 0.15) is 0 Å². The molecule has 2 aliphatic heterocycles. The molecule has 0 aromatic heterocycles. The fourth-order valence-corrected chi connectivity index (χ4v) is 7.69. The normalized spacial score (nSPS) is 23.5. The van der Waals surface area contributed by atoms with Crippen molar-refractivity contribution in [1.29, 1.82) is 0 Å². The van der Waals surface area contributed by atoms with Crippen LogP contribution in [0, 0.1) is 50.9 Å². The van der Waals surface area contributed by atoms with Crippen molar-refractivity contribution in [2.24, 2.45) is 23.2 Å². The van der Waals surface area contributed by atoms with Gasteiger partial charge in [0, 0.05) is 34.1 Å². The summed E-state index contributed by atoms with van der Waals surface area (Å²) in [7, 11) is 0. The lowest BCUT2D eigenvalue weighted by Gasteiger charge is -2.49. The number of rotatable bonds is 2. The minimum absolute atomic E-state index is 0.143. The molecule has 0 saturated carbocycles. The van der Waals surface area contributed by atoms with E-state index in [4.69, 9.17) is 0 Å². The highest BCUT2D eigenvalue weighted by Gasteiger charge is 2.47. The van der Waals surface area contributed by atoms with Gasteiger partial charge < -0.3 is 9.80 Å². The summed E-state index contributed by atoms with van der Waals surface area (Å²) in [4.78, 5) is 5.14. The van der Waals surface area contributed by atoms with Crippen molar-refractivity contribution >= 4 is 40.4 Å². The largest absolute Gasteiger partial charge is 0.312 e. The zero-order valence-electron chi connectivity index (χ0n) is 27.6. The first-order valence-corrected chi connectivity index (χ1v) is 16.1. The van der Waals surface area contributed by atoms with E-state index in [2.05, 4.69) is 152 Å². The van der Waals surface area contributed by atoms with Crippen LogP contribution in [0.1, 0.15) is 63.8 Å². The summed E-state index contributed by atoms with van der Waals surface area (Å²) in [5.41, 5.74) is 19.2. The summed E-state index contributed by atoms with van der Waals surface area (Å²) in [6, 6.07) is 18.9. The van der Waals surface area contributed by atoms with Crippen molar-refractivity contribution in [2.75, 3.05) is 9.80 Å². The average Bonchev–Trinajstić information content (AvgIpc) is 2.96. The maximum absolute atomic E-state index is 2.60. The molecule has 3 aromatic rings. The van der Waals surface area contributed by atoms with Gasteiger partial charge in [0.15, 0.2) is 0 Å². The molecular weight excluding hydrogens is 519 g/mol. The van der Waals surface area contributed by atoms with E-state index in [-0.39, 0.29) is 12.1 Å². The molecule has 0 spiro atoms. The van der Waals surface area contributed by atoms with E-state index in [0.29, 0.717) is 17.8 Å². The molecule has 3 unspecified atom stereocenters. The first-order chi connectivity index (χ1) is 20.4. The SMILES string of the molecule is CC1=CC2=C(B3c4cc(C)c(C)cc4N(c4ccc(C)c(C)c4)c4cccc(c43)N2C2=CC(C)C(C)(C)C=C2)C(C)C1C. The van der Waals surface area contributed by atoms with Crippen LogP contribution in [0.15, 0.2) is 95.3 Å². The van der Waals surface area contributed by atoms with Crippen LogP contribution >= 0.6 is 0 Å². The number of hydrogen-bond acceptors (Lipinski definition) is 2. The molecular formula is C40H45BN2. The number of fused-ring (bicyclic) bond motifs is 3. The van der Waals surface area contributed by atoms with Crippen LogP contribution in [-0.4, -0.2) is 6.71 Å². The van der Waals surface area contributed by atoms with Crippen molar-refractivity contribution in [1.82, 2.24) is 0 Å². The van der Waals surface area contributed by atoms with Crippen molar-refractivity contribution < 1.29 is 0 Å². The number of aryl methyl sites for hydroxylation is 4. The molecule has 0 bridgehead atoms. The Morgan fingerprint density at radius 3 is 2.09 bits per heavy atom. The number of allylic oxidation sites excluding steroid dienone is 6. The smallest absolute Gasteiger partial charge is 0.247 e. The van der Waals surface area contributed by atoms with E-state index in [1.165, 1.54) is 72.9 Å². The van der Waals surface area contributed by atoms with Crippen molar-refractivity contribution in [3.8, 4) is 0 Å². The van der Waals surface area contributed by atoms with Crippen molar-refractivity contribution in [3.05, 3.63) is 118 Å². The van der Waals surface area contributed by atoms with E-state index < -0.39 is 0 Å². The molecule has 2 aliphatic carbocycles. The zero-order chi connectivity index (χ0) is 30.5. The second kappa shape index (κ2) is 9.64. The Bertz CT molecular complexity index is 1820. The van der Waals surface area contributed by atoms with E-state index in [1.54, 1.807) is 5.47 Å². The van der Waals surface area contributed by atoms with Gasteiger partial charge in [-0.1, -0.05) is 76.0 Å². The Balaban J connectivity index is 1.57. The Hall–Kier alpha value is -3.72. The Labute approximate surface area is 259 Å². The highest BCUT2D eigenvalue weighted by atomic mass is 15.2. The molecule has 7 rings (SSSR count). The fourth-order valence-electron chi connectivity index (χ4n) is 7.69. The average molecular weight is 565 g/mol. The molecule has 3 atom stereocenters. The second-order valence-corrected chi connectivity index (χ2v) is 14.4. The topological polar surface area (TPSA) is 6.48 Å². The fraction of sp³-hybridized carbons (Fsp3) is 0.350. The van der Waals surface area contributed by atoms with Gasteiger partial charge in [0.25, 0.3) is 0 Å². The lowest BCUT2D eigenvalue weighted by molar-refractivity contribution is 0.361. The third-order valence-electron chi connectivity index (χ3n) is 11.5. The van der Waals surface area contributed by atoms with Gasteiger partial charge in [0.2, 0.25) is 6.71 Å². The van der Waals surface area contributed by atoms with Crippen LogP contribution in [-0.2, 0) is 0 Å². The van der Waals surface area contributed by atoms with Crippen molar-refractivity contribution in [2.45, 2.75) is 69.2 Å². The standard InChI is InChI=1S/C40H45BN2/c1-23-14-15-31(18-24(23)2)42-34-12-11-13-35-39(34)41(33-19-25(3)26(4)20-36(33)42)38-30(8)29(7)27(5)21-37(38)43(35)32-16-17-40(9,10)28(6)22-32/h11-22,28-30H,1-10H3. The Kier molecular flexibility index (Phi) is 6.30. The van der Waals surface area contributed by atoms with Crippen LogP contribution in [0.5, 0.6) is 0 Å². The molecule has 0 amide bonds. The van der Waals surface area contributed by atoms with E-state index in [9.17, 15) is 0 Å². The summed E-state index contributed by atoms with van der Waals surface area (Å²) in [5, 5.41) is 0. The third kappa shape index (κ3) is 4.07. The van der Waals surface area contributed by atoms with Gasteiger partial charge in [-0.3, -0.25) is 0 Å². The molecule has 2 nitrogen and oxygen atoms in total. The van der Waals surface area contributed by atoms with Gasteiger partial charge in [-0.15, -0.1) is 0 Å². The highest BCUT2D eigenvalue weighted by Crippen LogP contribution is 2.49. The second-order valence-electron chi connectivity index (χ2n) is 14.4. The number of nitrogens with zero attached hydrogens (tertiary/aromatic N) is 2. The lowest BCUT2D eigenvalue weighted by atomic mass is 9.30. The van der Waals surface area contributed by atoms with Gasteiger partial charge in [0.05, 0.1) is 0 Å². The first-order valence-electron chi connectivity index (χ1n) is 16.1. The first kappa shape index (κ1) is 28.1. The molecule has 0 saturated heterocycles. The minimum atomic E-state index is 0.143. The molecule has 0 N–H and O–H groups in total. The molecule has 3 heteroatoms. The summed E-state index contributed by atoms with van der Waals surface area (Å²) < 4.78 is 0. The van der Waals surface area contributed by atoms with E-state index in [1.807, 2.05) is 0 Å². The van der Waals surface area contributed by atoms with Crippen LogP contribution in [0.4, 0.5) is 22.7 Å². The highest BCUT2D eigenvalue weighted by molar-refractivity contribution is 6.95. The minimum Gasteiger partial charge on any atom is -0.312 e. The lowest BCUT2D eigenvalue weighted by Crippen LogP contribution is -2.58. The predicted octanol–water partition coefficient (Wildman–Crippen LogP) is 9.27. The molecule has 218 valence electrons. The maximum Gasteiger partial charge on any atom is 0.247 e. The summed E-state index contributed by atoms with van der Waals surface area (Å²) in [5.74, 6) is 1.37. The molecule has 0 fully saturated rings. The number of benzene rings is 3. The molecule has 4 aliphatic rings. The Morgan fingerprint density at radius 1 is 0.721 bits per heavy atom. The summed E-state index contributed by atoms with van der Waals surface area (Å²) in [6.45, 7) is 23.5. The van der Waals surface area contributed by atoms with Gasteiger partial charge in [-0.25, -0.2) is 0 Å². The molecule has 0 radical (unpaired) electrons. The van der Waals surface area contributed by atoms with Gasteiger partial charge >= 0.3 is 0 Å². The maximum atomic E-state index is 2.60. The zero-order valence-corrected chi connectivity index (χ0v) is 27.6. The van der Waals surface area contributed by atoms with Crippen LogP contribution in [0.2, 0.25) is 0 Å². The van der Waals surface area contributed by atoms with Crippen LogP contribution in [0.3, 0.4) is 0 Å². The van der Waals surface area contributed by atoms with Crippen molar-refractivity contribution in [3.63, 3.8) is 0 Å². The van der Waals surface area contributed by atoms with Crippen LogP contribution < -0.4 is 20.7 Å². The molecule has 43 heavy (non-hydrogen) atoms.